The lowest BCUT2D eigenvalue weighted by Gasteiger charge is -2.15. The Morgan fingerprint density at radius 3 is 2.59 bits per heavy atom. The van der Waals surface area contributed by atoms with Gasteiger partial charge in [-0.15, -0.1) is 0 Å². The van der Waals surface area contributed by atoms with Crippen molar-refractivity contribution in [2.75, 3.05) is 27.8 Å². The smallest absolute Gasteiger partial charge is 0.314 e. The molecule has 0 atom stereocenters. The van der Waals surface area contributed by atoms with Crippen LogP contribution in [0.15, 0.2) is 18.2 Å². The fourth-order valence-corrected chi connectivity index (χ4v) is 1.48. The van der Waals surface area contributed by atoms with Gasteiger partial charge in [0.1, 0.15) is 11.5 Å². The average Bonchev–Trinajstić information content (AvgIpc) is 2.35. The number of nitrogens with zero attached hydrogens (tertiary/aromatic N) is 1. The fraction of sp³-hybridized carbons (Fsp3) is 0.417. The summed E-state index contributed by atoms with van der Waals surface area (Å²) >= 11 is 0. The Labute approximate surface area is 101 Å². The molecule has 5 nitrogen and oxygen atoms in total. The molecule has 0 bridgehead atoms. The van der Waals surface area contributed by atoms with Crippen molar-refractivity contribution >= 4 is 6.03 Å². The third-order valence-corrected chi connectivity index (χ3v) is 2.58. The van der Waals surface area contributed by atoms with E-state index in [0.29, 0.717) is 13.0 Å². The van der Waals surface area contributed by atoms with Crippen molar-refractivity contribution in [2.45, 2.75) is 6.42 Å². The first-order valence-electron chi connectivity index (χ1n) is 5.30. The first-order chi connectivity index (χ1) is 8.08. The Balaban J connectivity index is 2.77. The van der Waals surface area contributed by atoms with Crippen molar-refractivity contribution in [2.24, 2.45) is 5.73 Å². The number of likely N-dealkylation sites (N-methyl/N-ethyl adjacent to an activating group) is 1. The van der Waals surface area contributed by atoms with E-state index in [1.54, 1.807) is 21.3 Å². The zero-order valence-electron chi connectivity index (χ0n) is 10.4. The number of benzene rings is 1. The molecule has 0 spiro atoms. The molecule has 1 rings (SSSR count). The summed E-state index contributed by atoms with van der Waals surface area (Å²) in [7, 11) is 4.89. The predicted octanol–water partition coefficient (Wildman–Crippen LogP) is 1.26. The maximum Gasteiger partial charge on any atom is 0.314 e. The molecule has 0 heterocycles. The van der Waals surface area contributed by atoms with E-state index in [9.17, 15) is 4.79 Å². The molecule has 0 aliphatic rings. The topological polar surface area (TPSA) is 64.8 Å². The van der Waals surface area contributed by atoms with Crippen molar-refractivity contribution < 1.29 is 14.3 Å². The molecule has 5 heteroatoms. The number of primary amides is 1. The number of ether oxygens (including phenoxy) is 2. The molecule has 0 fully saturated rings. The van der Waals surface area contributed by atoms with E-state index in [2.05, 4.69) is 0 Å². The molecule has 2 amide bonds. The molecule has 0 saturated heterocycles. The number of hydrogen-bond donors (Lipinski definition) is 1. The van der Waals surface area contributed by atoms with E-state index in [4.69, 9.17) is 15.2 Å². The standard InChI is InChI=1S/C12H18N2O3/c1-14(12(13)15)7-6-9-8-10(16-2)4-5-11(9)17-3/h4-5,8H,6-7H2,1-3H3,(H2,13,15). The highest BCUT2D eigenvalue weighted by Crippen LogP contribution is 2.24. The number of rotatable bonds is 5. The molecule has 2 N–H and O–H groups in total. The molecular formula is C12H18N2O3. The van der Waals surface area contributed by atoms with E-state index in [-0.39, 0.29) is 0 Å². The van der Waals surface area contributed by atoms with Crippen LogP contribution in [0.3, 0.4) is 0 Å². The maximum atomic E-state index is 10.9. The van der Waals surface area contributed by atoms with Crippen LogP contribution in [0.4, 0.5) is 4.79 Å². The molecule has 0 radical (unpaired) electrons. The monoisotopic (exact) mass is 238 g/mol. The number of carbonyl (C=O) groups excluding carboxylic acids is 1. The summed E-state index contributed by atoms with van der Waals surface area (Å²) < 4.78 is 10.4. The van der Waals surface area contributed by atoms with Gasteiger partial charge in [-0.3, -0.25) is 0 Å². The van der Waals surface area contributed by atoms with Gasteiger partial charge < -0.3 is 20.1 Å². The van der Waals surface area contributed by atoms with Crippen LogP contribution in [-0.2, 0) is 6.42 Å². The Hall–Kier alpha value is -1.91. The summed E-state index contributed by atoms with van der Waals surface area (Å²) in [5.74, 6) is 1.55. The van der Waals surface area contributed by atoms with Gasteiger partial charge in [-0.2, -0.15) is 0 Å². The van der Waals surface area contributed by atoms with Crippen LogP contribution in [0.1, 0.15) is 5.56 Å². The van der Waals surface area contributed by atoms with Crippen LogP contribution in [0.25, 0.3) is 0 Å². The van der Waals surface area contributed by atoms with Crippen LogP contribution in [0, 0.1) is 0 Å². The average molecular weight is 238 g/mol. The first-order valence-corrected chi connectivity index (χ1v) is 5.30. The Morgan fingerprint density at radius 2 is 2.06 bits per heavy atom. The van der Waals surface area contributed by atoms with Gasteiger partial charge in [0.05, 0.1) is 14.2 Å². The van der Waals surface area contributed by atoms with Crippen LogP contribution in [0.2, 0.25) is 0 Å². The minimum Gasteiger partial charge on any atom is -0.497 e. The van der Waals surface area contributed by atoms with Crippen LogP contribution >= 0.6 is 0 Å². The van der Waals surface area contributed by atoms with Crippen molar-refractivity contribution in [3.8, 4) is 11.5 Å². The third kappa shape index (κ3) is 3.55. The fourth-order valence-electron chi connectivity index (χ4n) is 1.48. The lowest BCUT2D eigenvalue weighted by Crippen LogP contribution is -2.33. The summed E-state index contributed by atoms with van der Waals surface area (Å²) in [5.41, 5.74) is 6.14. The highest BCUT2D eigenvalue weighted by Gasteiger charge is 2.08. The van der Waals surface area contributed by atoms with E-state index in [0.717, 1.165) is 17.1 Å². The number of amides is 2. The summed E-state index contributed by atoms with van der Waals surface area (Å²) in [6.07, 6.45) is 0.666. The number of carbonyl (C=O) groups is 1. The van der Waals surface area contributed by atoms with E-state index < -0.39 is 6.03 Å². The van der Waals surface area contributed by atoms with Gasteiger partial charge in [0.2, 0.25) is 0 Å². The van der Waals surface area contributed by atoms with E-state index >= 15 is 0 Å². The van der Waals surface area contributed by atoms with Gasteiger partial charge in [0, 0.05) is 13.6 Å². The van der Waals surface area contributed by atoms with Crippen LogP contribution < -0.4 is 15.2 Å². The Morgan fingerprint density at radius 1 is 1.35 bits per heavy atom. The predicted molar refractivity (Wildman–Crippen MR) is 65.5 cm³/mol. The van der Waals surface area contributed by atoms with E-state index in [1.165, 1.54) is 4.90 Å². The number of nitrogens with two attached hydrogens (primary N) is 1. The van der Waals surface area contributed by atoms with Gasteiger partial charge >= 0.3 is 6.03 Å². The summed E-state index contributed by atoms with van der Waals surface area (Å²) in [4.78, 5) is 12.3. The lowest BCUT2D eigenvalue weighted by atomic mass is 10.1. The van der Waals surface area contributed by atoms with Crippen molar-refractivity contribution in [3.63, 3.8) is 0 Å². The quantitative estimate of drug-likeness (QED) is 0.839. The van der Waals surface area contributed by atoms with Gasteiger partial charge in [-0.05, 0) is 30.2 Å². The van der Waals surface area contributed by atoms with Gasteiger partial charge in [-0.25, -0.2) is 4.79 Å². The molecule has 0 unspecified atom stereocenters. The van der Waals surface area contributed by atoms with Gasteiger partial charge in [0.15, 0.2) is 0 Å². The van der Waals surface area contributed by atoms with E-state index in [1.807, 2.05) is 18.2 Å². The summed E-state index contributed by atoms with van der Waals surface area (Å²) in [5, 5.41) is 0. The maximum absolute atomic E-state index is 10.9. The molecule has 0 aliphatic heterocycles. The summed E-state index contributed by atoms with van der Waals surface area (Å²) in [6.45, 7) is 0.541. The zero-order valence-corrected chi connectivity index (χ0v) is 10.4. The van der Waals surface area contributed by atoms with Crippen molar-refractivity contribution in [1.82, 2.24) is 4.90 Å². The Kier molecular flexibility index (Phi) is 4.63. The highest BCUT2D eigenvalue weighted by molar-refractivity contribution is 5.71. The normalized spacial score (nSPS) is 9.82. The molecule has 0 aromatic heterocycles. The number of methoxy groups -OCH3 is 2. The largest absolute Gasteiger partial charge is 0.497 e. The van der Waals surface area contributed by atoms with Crippen molar-refractivity contribution in [1.29, 1.82) is 0 Å². The van der Waals surface area contributed by atoms with Gasteiger partial charge in [-0.1, -0.05) is 0 Å². The minimum atomic E-state index is -0.438. The van der Waals surface area contributed by atoms with Gasteiger partial charge in [0.25, 0.3) is 0 Å². The Bertz CT molecular complexity index is 393. The number of urea groups is 1. The second kappa shape index (κ2) is 5.98. The SMILES string of the molecule is COc1ccc(OC)c(CCN(C)C(N)=O)c1. The molecular weight excluding hydrogens is 220 g/mol. The second-order valence-corrected chi connectivity index (χ2v) is 3.69. The minimum absolute atomic E-state index is 0.438. The third-order valence-electron chi connectivity index (χ3n) is 2.58. The number of hydrogen-bond acceptors (Lipinski definition) is 3. The molecule has 0 aliphatic carbocycles. The molecule has 94 valence electrons. The lowest BCUT2D eigenvalue weighted by molar-refractivity contribution is 0.219. The second-order valence-electron chi connectivity index (χ2n) is 3.69. The molecule has 1 aromatic carbocycles. The molecule has 1 aromatic rings. The highest BCUT2D eigenvalue weighted by atomic mass is 16.5. The molecule has 17 heavy (non-hydrogen) atoms. The zero-order chi connectivity index (χ0) is 12.8. The van der Waals surface area contributed by atoms with Crippen LogP contribution in [0.5, 0.6) is 11.5 Å². The van der Waals surface area contributed by atoms with Crippen LogP contribution in [-0.4, -0.2) is 38.7 Å². The first kappa shape index (κ1) is 13.2. The van der Waals surface area contributed by atoms with Crippen molar-refractivity contribution in [3.05, 3.63) is 23.8 Å². The molecule has 0 saturated carbocycles. The summed E-state index contributed by atoms with van der Waals surface area (Å²) in [6, 6.07) is 5.14.